The van der Waals surface area contributed by atoms with Gasteiger partial charge in [0.25, 0.3) is 0 Å². The second kappa shape index (κ2) is 5.47. The maximum atomic E-state index is 11.7. The lowest BCUT2D eigenvalue weighted by Gasteiger charge is -2.33. The summed E-state index contributed by atoms with van der Waals surface area (Å²) >= 11 is 0. The molecule has 0 aliphatic heterocycles. The molecule has 1 saturated carbocycles. The van der Waals surface area contributed by atoms with Gasteiger partial charge in [-0.3, -0.25) is 4.79 Å². The lowest BCUT2D eigenvalue weighted by atomic mass is 9.74. The Bertz CT molecular complexity index is 478. The molecule has 1 aliphatic rings. The lowest BCUT2D eigenvalue weighted by molar-refractivity contribution is -0.152. The molecular formula is C13H22N4O3. The fourth-order valence-corrected chi connectivity index (χ4v) is 2.79. The summed E-state index contributed by atoms with van der Waals surface area (Å²) in [7, 11) is 1.59. The first-order valence-corrected chi connectivity index (χ1v) is 6.96. The number of hydrogen-bond acceptors (Lipinski definition) is 5. The van der Waals surface area contributed by atoms with Crippen molar-refractivity contribution in [2.45, 2.75) is 58.1 Å². The van der Waals surface area contributed by atoms with E-state index in [9.17, 15) is 9.90 Å². The molecule has 20 heavy (non-hydrogen) atoms. The van der Waals surface area contributed by atoms with Crippen molar-refractivity contribution in [3.63, 3.8) is 0 Å². The summed E-state index contributed by atoms with van der Waals surface area (Å²) in [5, 5.41) is 21.3. The molecule has 0 spiro atoms. The lowest BCUT2D eigenvalue weighted by Crippen LogP contribution is -2.39. The molecule has 1 aromatic rings. The number of carbonyl (C=O) groups is 1. The summed E-state index contributed by atoms with van der Waals surface area (Å²) in [6.07, 6.45) is 4.33. The van der Waals surface area contributed by atoms with Crippen LogP contribution in [0.3, 0.4) is 0 Å². The molecule has 0 bridgehead atoms. The largest absolute Gasteiger partial charge is 0.481 e. The minimum atomic E-state index is -0.758. The summed E-state index contributed by atoms with van der Waals surface area (Å²) in [6.45, 7) is 4.03. The van der Waals surface area contributed by atoms with Crippen molar-refractivity contribution in [1.82, 2.24) is 20.2 Å². The molecule has 0 unspecified atom stereocenters. The van der Waals surface area contributed by atoms with Gasteiger partial charge in [-0.2, -0.15) is 0 Å². The maximum Gasteiger partial charge on any atom is 0.311 e. The predicted molar refractivity (Wildman–Crippen MR) is 71.0 cm³/mol. The Morgan fingerprint density at radius 1 is 1.40 bits per heavy atom. The Kier molecular flexibility index (Phi) is 4.08. The van der Waals surface area contributed by atoms with E-state index in [1.54, 1.807) is 11.8 Å². The molecule has 112 valence electrons. The van der Waals surface area contributed by atoms with E-state index in [-0.39, 0.29) is 0 Å². The van der Waals surface area contributed by atoms with Crippen molar-refractivity contribution in [2.75, 3.05) is 7.11 Å². The van der Waals surface area contributed by atoms with Crippen LogP contribution in [0, 0.1) is 5.41 Å². The summed E-state index contributed by atoms with van der Waals surface area (Å²) < 4.78 is 6.98. The van der Waals surface area contributed by atoms with Crippen LogP contribution in [-0.4, -0.2) is 38.4 Å². The second-order valence-corrected chi connectivity index (χ2v) is 6.02. The van der Waals surface area contributed by atoms with Crippen molar-refractivity contribution < 1.29 is 14.6 Å². The molecule has 1 fully saturated rings. The first kappa shape index (κ1) is 14.9. The first-order valence-electron chi connectivity index (χ1n) is 6.96. The highest BCUT2D eigenvalue weighted by atomic mass is 16.5. The van der Waals surface area contributed by atoms with Gasteiger partial charge >= 0.3 is 5.97 Å². The Morgan fingerprint density at radius 2 is 2.05 bits per heavy atom. The van der Waals surface area contributed by atoms with E-state index in [0.29, 0.717) is 25.2 Å². The third kappa shape index (κ3) is 2.67. The molecule has 1 heterocycles. The fraction of sp³-hybridized carbons (Fsp3) is 0.846. The van der Waals surface area contributed by atoms with E-state index in [2.05, 4.69) is 15.5 Å². The molecule has 7 nitrogen and oxygen atoms in total. The average molecular weight is 282 g/mol. The number of methoxy groups -OCH3 is 1. The molecule has 7 heteroatoms. The van der Waals surface area contributed by atoms with Gasteiger partial charge in [-0.25, -0.2) is 4.68 Å². The van der Waals surface area contributed by atoms with Gasteiger partial charge in [-0.15, -0.1) is 5.10 Å². The van der Waals surface area contributed by atoms with Crippen LogP contribution in [-0.2, 0) is 21.7 Å². The quantitative estimate of drug-likeness (QED) is 0.882. The monoisotopic (exact) mass is 282 g/mol. The van der Waals surface area contributed by atoms with Crippen molar-refractivity contribution >= 4 is 5.97 Å². The van der Waals surface area contributed by atoms with Crippen molar-refractivity contribution in [3.8, 4) is 0 Å². The van der Waals surface area contributed by atoms with Crippen LogP contribution >= 0.6 is 0 Å². The molecule has 0 saturated heterocycles. The highest BCUT2D eigenvalue weighted by molar-refractivity contribution is 5.74. The van der Waals surface area contributed by atoms with Crippen LogP contribution in [0.15, 0.2) is 0 Å². The summed E-state index contributed by atoms with van der Waals surface area (Å²) in [5.41, 5.74) is -1.40. The number of carboxylic acid groups (broad SMARTS) is 1. The zero-order chi connectivity index (χ0) is 14.8. The van der Waals surface area contributed by atoms with Crippen molar-refractivity contribution in [3.05, 3.63) is 5.82 Å². The molecule has 1 aromatic heterocycles. The number of rotatable bonds is 5. The van der Waals surface area contributed by atoms with Crippen LogP contribution in [0.1, 0.15) is 51.8 Å². The van der Waals surface area contributed by atoms with Gasteiger partial charge in [-0.05, 0) is 37.1 Å². The van der Waals surface area contributed by atoms with Gasteiger partial charge in [0, 0.05) is 7.11 Å². The van der Waals surface area contributed by atoms with E-state index in [4.69, 9.17) is 4.74 Å². The standard InChI is InChI=1S/C13H22N4O3/c1-12(2,20-3)10-14-15-16-17(10)9-13(11(18)19)7-5-4-6-8-13/h4-9H2,1-3H3,(H,18,19). The fourth-order valence-electron chi connectivity index (χ4n) is 2.79. The van der Waals surface area contributed by atoms with Gasteiger partial charge in [0.05, 0.1) is 12.0 Å². The Morgan fingerprint density at radius 3 is 2.60 bits per heavy atom. The van der Waals surface area contributed by atoms with Crippen molar-refractivity contribution in [1.29, 1.82) is 0 Å². The van der Waals surface area contributed by atoms with Crippen molar-refractivity contribution in [2.24, 2.45) is 5.41 Å². The molecule has 0 amide bonds. The topological polar surface area (TPSA) is 90.1 Å². The number of hydrogen-bond donors (Lipinski definition) is 1. The summed E-state index contributed by atoms with van der Waals surface area (Å²) in [5.74, 6) is -0.194. The molecule has 2 rings (SSSR count). The summed E-state index contributed by atoms with van der Waals surface area (Å²) in [4.78, 5) is 11.7. The molecule has 1 N–H and O–H groups in total. The Balaban J connectivity index is 2.29. The number of nitrogens with zero attached hydrogens (tertiary/aromatic N) is 4. The van der Waals surface area contributed by atoms with Gasteiger partial charge < -0.3 is 9.84 Å². The molecule has 0 atom stereocenters. The van der Waals surface area contributed by atoms with Gasteiger partial charge in [0.2, 0.25) is 0 Å². The minimum Gasteiger partial charge on any atom is -0.481 e. The summed E-state index contributed by atoms with van der Waals surface area (Å²) in [6, 6.07) is 0. The zero-order valence-corrected chi connectivity index (χ0v) is 12.3. The third-order valence-electron chi connectivity index (χ3n) is 4.30. The number of tetrazole rings is 1. The molecule has 0 aromatic carbocycles. The van der Waals surface area contributed by atoms with Gasteiger partial charge in [0.1, 0.15) is 5.60 Å². The highest BCUT2D eigenvalue weighted by Crippen LogP contribution is 2.38. The average Bonchev–Trinajstić information content (AvgIpc) is 2.88. The van der Waals surface area contributed by atoms with Crippen LogP contribution in [0.25, 0.3) is 0 Å². The maximum absolute atomic E-state index is 11.7. The van der Waals surface area contributed by atoms with Crippen LogP contribution < -0.4 is 0 Å². The van der Waals surface area contributed by atoms with E-state index < -0.39 is 17.0 Å². The van der Waals surface area contributed by atoms with Gasteiger partial charge in [0.15, 0.2) is 5.82 Å². The zero-order valence-electron chi connectivity index (χ0n) is 12.3. The smallest absolute Gasteiger partial charge is 0.311 e. The SMILES string of the molecule is COC(C)(C)c1nnnn1CC1(C(=O)O)CCCCC1. The second-order valence-electron chi connectivity index (χ2n) is 6.02. The third-order valence-corrected chi connectivity index (χ3v) is 4.30. The van der Waals surface area contributed by atoms with Crippen LogP contribution in [0.4, 0.5) is 0 Å². The minimum absolute atomic E-state index is 0.303. The van der Waals surface area contributed by atoms with Crippen LogP contribution in [0.5, 0.6) is 0 Å². The Hall–Kier alpha value is -1.50. The van der Waals surface area contributed by atoms with E-state index in [1.807, 2.05) is 13.8 Å². The van der Waals surface area contributed by atoms with E-state index in [1.165, 1.54) is 0 Å². The number of aliphatic carboxylic acids is 1. The van der Waals surface area contributed by atoms with Crippen LogP contribution in [0.2, 0.25) is 0 Å². The molecule has 0 radical (unpaired) electrons. The number of ether oxygens (including phenoxy) is 1. The number of aromatic nitrogens is 4. The number of carboxylic acids is 1. The Labute approximate surface area is 118 Å². The van der Waals surface area contributed by atoms with E-state index in [0.717, 1.165) is 19.3 Å². The first-order chi connectivity index (χ1) is 9.41. The predicted octanol–water partition coefficient (Wildman–Crippen LogP) is 1.59. The molecular weight excluding hydrogens is 260 g/mol. The van der Waals surface area contributed by atoms with Gasteiger partial charge in [-0.1, -0.05) is 19.3 Å². The molecule has 1 aliphatic carbocycles. The normalized spacial score (nSPS) is 18.9. The van der Waals surface area contributed by atoms with E-state index >= 15 is 0 Å². The highest BCUT2D eigenvalue weighted by Gasteiger charge is 2.42.